The lowest BCUT2D eigenvalue weighted by molar-refractivity contribution is 0.695. The summed E-state index contributed by atoms with van der Waals surface area (Å²) >= 11 is 0. The lowest BCUT2D eigenvalue weighted by Gasteiger charge is -2.02. The van der Waals surface area contributed by atoms with Crippen LogP contribution in [-0.2, 0) is 13.1 Å². The molecule has 0 saturated carbocycles. The molecule has 0 aliphatic carbocycles. The van der Waals surface area contributed by atoms with E-state index in [4.69, 9.17) is 5.73 Å². The van der Waals surface area contributed by atoms with Gasteiger partial charge in [0, 0.05) is 13.1 Å². The number of hydrogen-bond donors (Lipinski definition) is 2. The Bertz CT molecular complexity index is 586. The van der Waals surface area contributed by atoms with Gasteiger partial charge in [-0.25, -0.2) is 0 Å². The van der Waals surface area contributed by atoms with E-state index in [-0.39, 0.29) is 0 Å². The molecule has 3 N–H and O–H groups in total. The van der Waals surface area contributed by atoms with Gasteiger partial charge in [0.2, 0.25) is 0 Å². The average molecular weight is 320 g/mol. The van der Waals surface area contributed by atoms with Crippen LogP contribution in [0.4, 0.5) is 0 Å². The molecular formula is C22H28N2. The summed E-state index contributed by atoms with van der Waals surface area (Å²) in [5.41, 5.74) is 7.87. The van der Waals surface area contributed by atoms with Crippen molar-refractivity contribution in [3.63, 3.8) is 0 Å². The molecule has 2 heteroatoms. The SMILES string of the molecule is C=C/C=C\C=C/CCNCc1ccccc1.NCc1ccccc1. The highest BCUT2D eigenvalue weighted by Gasteiger charge is 1.88. The third kappa shape index (κ3) is 10.3. The quantitative estimate of drug-likeness (QED) is 0.550. The number of hydrogen-bond acceptors (Lipinski definition) is 2. The van der Waals surface area contributed by atoms with Crippen LogP contribution in [0.1, 0.15) is 17.5 Å². The zero-order valence-electron chi connectivity index (χ0n) is 14.3. The second kappa shape index (κ2) is 14.2. The highest BCUT2D eigenvalue weighted by Crippen LogP contribution is 1.97. The number of allylic oxidation sites excluding steroid dienone is 4. The smallest absolute Gasteiger partial charge is 0.0205 e. The number of rotatable bonds is 8. The van der Waals surface area contributed by atoms with Crippen LogP contribution in [0.25, 0.3) is 0 Å². The first-order valence-corrected chi connectivity index (χ1v) is 8.29. The van der Waals surface area contributed by atoms with E-state index in [0.717, 1.165) is 19.5 Å². The van der Waals surface area contributed by atoms with Crippen molar-refractivity contribution >= 4 is 0 Å². The maximum Gasteiger partial charge on any atom is 0.0205 e. The van der Waals surface area contributed by atoms with Crippen LogP contribution in [-0.4, -0.2) is 6.54 Å². The zero-order valence-corrected chi connectivity index (χ0v) is 14.3. The second-order valence-electron chi connectivity index (χ2n) is 5.19. The molecule has 2 nitrogen and oxygen atoms in total. The van der Waals surface area contributed by atoms with Crippen LogP contribution in [0.5, 0.6) is 0 Å². The molecule has 24 heavy (non-hydrogen) atoms. The van der Waals surface area contributed by atoms with E-state index >= 15 is 0 Å². The summed E-state index contributed by atoms with van der Waals surface area (Å²) < 4.78 is 0. The van der Waals surface area contributed by atoms with E-state index in [1.54, 1.807) is 6.08 Å². The first kappa shape index (κ1) is 19.6. The van der Waals surface area contributed by atoms with Crippen LogP contribution < -0.4 is 11.1 Å². The van der Waals surface area contributed by atoms with Gasteiger partial charge in [-0.05, 0) is 24.1 Å². The Balaban J connectivity index is 0.000000300. The van der Waals surface area contributed by atoms with E-state index in [9.17, 15) is 0 Å². The van der Waals surface area contributed by atoms with Crippen molar-refractivity contribution in [3.05, 3.63) is 109 Å². The molecule has 0 aromatic heterocycles. The van der Waals surface area contributed by atoms with Gasteiger partial charge in [-0.2, -0.15) is 0 Å². The predicted molar refractivity (Wildman–Crippen MR) is 106 cm³/mol. The normalized spacial score (nSPS) is 10.5. The molecule has 0 heterocycles. The van der Waals surface area contributed by atoms with Crippen molar-refractivity contribution in [2.75, 3.05) is 6.54 Å². The Morgan fingerprint density at radius 3 is 2.00 bits per heavy atom. The number of benzene rings is 2. The minimum absolute atomic E-state index is 0.640. The van der Waals surface area contributed by atoms with Crippen LogP contribution in [0.3, 0.4) is 0 Å². The van der Waals surface area contributed by atoms with Gasteiger partial charge in [0.15, 0.2) is 0 Å². The van der Waals surface area contributed by atoms with E-state index in [1.807, 2.05) is 54.6 Å². The fraction of sp³-hybridized carbons (Fsp3) is 0.182. The lowest BCUT2D eigenvalue weighted by Crippen LogP contribution is -2.13. The fourth-order valence-corrected chi connectivity index (χ4v) is 1.95. The monoisotopic (exact) mass is 320 g/mol. The summed E-state index contributed by atoms with van der Waals surface area (Å²) in [6, 6.07) is 20.4. The summed E-state index contributed by atoms with van der Waals surface area (Å²) in [5, 5.41) is 3.40. The van der Waals surface area contributed by atoms with Gasteiger partial charge in [0.25, 0.3) is 0 Å². The highest BCUT2D eigenvalue weighted by atomic mass is 14.8. The molecule has 0 fully saturated rings. The van der Waals surface area contributed by atoms with Crippen molar-refractivity contribution in [2.45, 2.75) is 19.5 Å². The van der Waals surface area contributed by atoms with Gasteiger partial charge in [-0.1, -0.05) is 97.6 Å². The number of nitrogens with one attached hydrogen (secondary N) is 1. The number of nitrogens with two attached hydrogens (primary N) is 1. The van der Waals surface area contributed by atoms with E-state index < -0.39 is 0 Å². The average Bonchev–Trinajstić information content (AvgIpc) is 2.66. The van der Waals surface area contributed by atoms with Crippen molar-refractivity contribution in [2.24, 2.45) is 5.73 Å². The first-order valence-electron chi connectivity index (χ1n) is 8.29. The van der Waals surface area contributed by atoms with Crippen LogP contribution in [0.15, 0.2) is 97.6 Å². The molecule has 0 radical (unpaired) electrons. The van der Waals surface area contributed by atoms with Gasteiger partial charge in [0.1, 0.15) is 0 Å². The van der Waals surface area contributed by atoms with Crippen molar-refractivity contribution in [1.29, 1.82) is 0 Å². The Morgan fingerprint density at radius 2 is 1.46 bits per heavy atom. The van der Waals surface area contributed by atoms with Crippen LogP contribution in [0, 0.1) is 0 Å². The summed E-state index contributed by atoms with van der Waals surface area (Å²) in [6.07, 6.45) is 10.9. The maximum absolute atomic E-state index is 5.35. The van der Waals surface area contributed by atoms with Crippen molar-refractivity contribution in [1.82, 2.24) is 5.32 Å². The zero-order chi connectivity index (χ0) is 17.3. The molecule has 0 bridgehead atoms. The van der Waals surface area contributed by atoms with E-state index in [0.29, 0.717) is 6.54 Å². The molecule has 126 valence electrons. The summed E-state index contributed by atoms with van der Waals surface area (Å²) in [6.45, 7) is 6.20. The van der Waals surface area contributed by atoms with E-state index in [1.165, 1.54) is 11.1 Å². The summed E-state index contributed by atoms with van der Waals surface area (Å²) in [4.78, 5) is 0. The first-order chi connectivity index (χ1) is 11.9. The molecule has 2 rings (SSSR count). The minimum atomic E-state index is 0.640. The third-order valence-corrected chi connectivity index (χ3v) is 3.23. The Labute approximate surface area is 146 Å². The summed E-state index contributed by atoms with van der Waals surface area (Å²) in [7, 11) is 0. The highest BCUT2D eigenvalue weighted by molar-refractivity contribution is 5.14. The van der Waals surface area contributed by atoms with Crippen molar-refractivity contribution < 1.29 is 0 Å². The van der Waals surface area contributed by atoms with Crippen molar-refractivity contribution in [3.8, 4) is 0 Å². The third-order valence-electron chi connectivity index (χ3n) is 3.23. The topological polar surface area (TPSA) is 38.0 Å². The van der Waals surface area contributed by atoms with E-state index in [2.05, 4.69) is 42.2 Å². The molecule has 2 aromatic carbocycles. The molecule has 0 aliphatic rings. The Morgan fingerprint density at radius 1 is 0.833 bits per heavy atom. The molecular weight excluding hydrogens is 292 g/mol. The van der Waals surface area contributed by atoms with Crippen LogP contribution in [0.2, 0.25) is 0 Å². The van der Waals surface area contributed by atoms with Gasteiger partial charge in [0.05, 0.1) is 0 Å². The standard InChI is InChI=1S/C15H19N.C7H9N/c1-2-3-4-5-6-10-13-16-14-15-11-8-7-9-12-15;8-6-7-4-2-1-3-5-7/h2-9,11-12,16H,1,10,13-14H2;1-5H,6,8H2/b4-3-,6-5-;. The molecule has 2 aromatic rings. The largest absolute Gasteiger partial charge is 0.326 e. The molecule has 0 aliphatic heterocycles. The molecule has 0 saturated heterocycles. The Kier molecular flexibility index (Phi) is 11.6. The lowest BCUT2D eigenvalue weighted by atomic mass is 10.2. The van der Waals surface area contributed by atoms with Crippen LogP contribution >= 0.6 is 0 Å². The molecule has 0 spiro atoms. The van der Waals surface area contributed by atoms with Gasteiger partial charge >= 0.3 is 0 Å². The maximum atomic E-state index is 5.35. The summed E-state index contributed by atoms with van der Waals surface area (Å²) in [5.74, 6) is 0. The van der Waals surface area contributed by atoms with Gasteiger partial charge < -0.3 is 11.1 Å². The van der Waals surface area contributed by atoms with Gasteiger partial charge in [-0.3, -0.25) is 0 Å². The minimum Gasteiger partial charge on any atom is -0.326 e. The molecule has 0 amide bonds. The fourth-order valence-electron chi connectivity index (χ4n) is 1.95. The molecule has 0 atom stereocenters. The predicted octanol–water partition coefficient (Wildman–Crippen LogP) is 4.61. The molecule has 0 unspecified atom stereocenters. The second-order valence-corrected chi connectivity index (χ2v) is 5.19. The van der Waals surface area contributed by atoms with Gasteiger partial charge in [-0.15, -0.1) is 0 Å². The Hall–Kier alpha value is -2.42.